The first-order valence-corrected chi connectivity index (χ1v) is 6.69. The molecule has 0 saturated heterocycles. The Morgan fingerprint density at radius 2 is 2.22 bits per heavy atom. The van der Waals surface area contributed by atoms with Crippen molar-refractivity contribution in [2.45, 2.75) is 6.42 Å². The van der Waals surface area contributed by atoms with Gasteiger partial charge < -0.3 is 10.1 Å². The van der Waals surface area contributed by atoms with E-state index in [1.54, 1.807) is 0 Å². The van der Waals surface area contributed by atoms with Crippen molar-refractivity contribution in [2.24, 2.45) is 0 Å². The third kappa shape index (κ3) is 4.70. The number of nitro groups is 1. The summed E-state index contributed by atoms with van der Waals surface area (Å²) in [6, 6.07) is 2.80. The summed E-state index contributed by atoms with van der Waals surface area (Å²) in [5.74, 6) is -1.17. The van der Waals surface area contributed by atoms with Crippen LogP contribution in [0.1, 0.15) is 16.8 Å². The monoisotopic (exact) mass is 320 g/mol. The Morgan fingerprint density at radius 1 is 1.39 bits per heavy atom. The number of rotatable bonds is 7. The number of nitrogens with zero attached hydrogens (tertiary/aromatic N) is 3. The van der Waals surface area contributed by atoms with Gasteiger partial charge >= 0.3 is 0 Å². The second-order valence-corrected chi connectivity index (χ2v) is 4.42. The van der Waals surface area contributed by atoms with Crippen LogP contribution in [0.15, 0.2) is 36.8 Å². The molecule has 0 aliphatic heterocycles. The molecule has 0 radical (unpaired) electrons. The first-order valence-electron chi connectivity index (χ1n) is 6.69. The van der Waals surface area contributed by atoms with Crippen LogP contribution in [-0.2, 0) is 0 Å². The number of nitro benzene ring substituents is 1. The van der Waals surface area contributed by atoms with Gasteiger partial charge in [-0.2, -0.15) is 0 Å². The molecular formula is C14H13FN4O4. The summed E-state index contributed by atoms with van der Waals surface area (Å²) < 4.78 is 18.8. The van der Waals surface area contributed by atoms with E-state index in [2.05, 4.69) is 15.3 Å². The average molecular weight is 320 g/mol. The summed E-state index contributed by atoms with van der Waals surface area (Å²) in [4.78, 5) is 29.5. The highest BCUT2D eigenvalue weighted by molar-refractivity contribution is 5.95. The molecule has 1 aromatic heterocycles. The van der Waals surface area contributed by atoms with Gasteiger partial charge in [0.05, 0.1) is 23.3 Å². The normalized spacial score (nSPS) is 10.1. The molecule has 0 saturated carbocycles. The van der Waals surface area contributed by atoms with Gasteiger partial charge in [-0.25, -0.2) is 9.37 Å². The van der Waals surface area contributed by atoms with Gasteiger partial charge in [0.25, 0.3) is 11.6 Å². The van der Waals surface area contributed by atoms with E-state index in [0.717, 1.165) is 18.2 Å². The van der Waals surface area contributed by atoms with Crippen molar-refractivity contribution in [2.75, 3.05) is 13.2 Å². The van der Waals surface area contributed by atoms with E-state index in [9.17, 15) is 19.3 Å². The molecule has 23 heavy (non-hydrogen) atoms. The van der Waals surface area contributed by atoms with Crippen LogP contribution in [0.2, 0.25) is 0 Å². The van der Waals surface area contributed by atoms with Gasteiger partial charge in [0.2, 0.25) is 5.88 Å². The van der Waals surface area contributed by atoms with E-state index in [1.807, 2.05) is 0 Å². The van der Waals surface area contributed by atoms with Crippen molar-refractivity contribution in [1.29, 1.82) is 0 Å². The Hall–Kier alpha value is -3.10. The summed E-state index contributed by atoms with van der Waals surface area (Å²) in [5.41, 5.74) is -0.712. The number of amides is 1. The highest BCUT2D eigenvalue weighted by Gasteiger charge is 2.16. The number of carbonyl (C=O) groups excluding carboxylic acids is 1. The Morgan fingerprint density at radius 3 is 2.91 bits per heavy atom. The first-order chi connectivity index (χ1) is 11.1. The number of aromatic nitrogens is 2. The molecule has 1 heterocycles. The summed E-state index contributed by atoms with van der Waals surface area (Å²) in [5, 5.41) is 13.1. The lowest BCUT2D eigenvalue weighted by Crippen LogP contribution is -2.26. The molecule has 8 nitrogen and oxygen atoms in total. The lowest BCUT2D eigenvalue weighted by atomic mass is 10.1. The van der Waals surface area contributed by atoms with E-state index in [0.29, 0.717) is 12.3 Å². The lowest BCUT2D eigenvalue weighted by molar-refractivity contribution is -0.384. The van der Waals surface area contributed by atoms with E-state index >= 15 is 0 Å². The standard InChI is InChI=1S/C14H13FN4O4/c15-12-3-2-10(19(21)22)8-11(12)14(20)18-4-1-7-23-13-9-16-5-6-17-13/h2-3,5-6,8-9H,1,4,7H2,(H,18,20). The molecule has 0 atom stereocenters. The fourth-order valence-corrected chi connectivity index (χ4v) is 1.71. The van der Waals surface area contributed by atoms with Gasteiger partial charge in [0.1, 0.15) is 5.82 Å². The number of carbonyl (C=O) groups is 1. The number of halogens is 1. The second kappa shape index (κ2) is 7.78. The maximum atomic E-state index is 13.6. The van der Waals surface area contributed by atoms with Crippen molar-refractivity contribution in [3.05, 3.63) is 58.3 Å². The van der Waals surface area contributed by atoms with Crippen LogP contribution in [-0.4, -0.2) is 34.0 Å². The molecule has 0 unspecified atom stereocenters. The van der Waals surface area contributed by atoms with E-state index in [1.165, 1.54) is 18.6 Å². The van der Waals surface area contributed by atoms with Crippen LogP contribution in [0.5, 0.6) is 5.88 Å². The highest BCUT2D eigenvalue weighted by Crippen LogP contribution is 2.16. The molecule has 0 aliphatic rings. The molecule has 0 spiro atoms. The fraction of sp³-hybridized carbons (Fsp3) is 0.214. The molecule has 0 aliphatic carbocycles. The van der Waals surface area contributed by atoms with E-state index in [4.69, 9.17) is 4.74 Å². The maximum Gasteiger partial charge on any atom is 0.270 e. The van der Waals surface area contributed by atoms with Gasteiger partial charge in [-0.15, -0.1) is 0 Å². The molecule has 1 N–H and O–H groups in total. The van der Waals surface area contributed by atoms with Gasteiger partial charge in [-0.3, -0.25) is 19.9 Å². The lowest BCUT2D eigenvalue weighted by Gasteiger charge is -2.07. The minimum Gasteiger partial charge on any atom is -0.477 e. The van der Waals surface area contributed by atoms with Crippen LogP contribution < -0.4 is 10.1 Å². The fourth-order valence-electron chi connectivity index (χ4n) is 1.71. The number of hydrogen-bond acceptors (Lipinski definition) is 6. The molecule has 2 rings (SSSR count). The first kappa shape index (κ1) is 16.3. The maximum absolute atomic E-state index is 13.6. The molecule has 1 aromatic carbocycles. The molecular weight excluding hydrogens is 307 g/mol. The van der Waals surface area contributed by atoms with E-state index in [-0.39, 0.29) is 24.4 Å². The van der Waals surface area contributed by atoms with Crippen LogP contribution >= 0.6 is 0 Å². The second-order valence-electron chi connectivity index (χ2n) is 4.42. The quantitative estimate of drug-likeness (QED) is 0.473. The van der Waals surface area contributed by atoms with Crippen LogP contribution in [0.3, 0.4) is 0 Å². The zero-order valence-corrected chi connectivity index (χ0v) is 11.9. The van der Waals surface area contributed by atoms with Crippen LogP contribution in [0, 0.1) is 15.9 Å². The predicted molar refractivity (Wildman–Crippen MR) is 77.5 cm³/mol. The Kier molecular flexibility index (Phi) is 5.50. The van der Waals surface area contributed by atoms with Crippen molar-refractivity contribution in [3.8, 4) is 5.88 Å². The number of ether oxygens (including phenoxy) is 1. The van der Waals surface area contributed by atoms with Crippen molar-refractivity contribution in [1.82, 2.24) is 15.3 Å². The van der Waals surface area contributed by atoms with Crippen molar-refractivity contribution >= 4 is 11.6 Å². The molecule has 0 fully saturated rings. The number of benzene rings is 1. The number of non-ortho nitro benzene ring substituents is 1. The Balaban J connectivity index is 1.81. The zero-order valence-electron chi connectivity index (χ0n) is 11.9. The molecule has 2 aromatic rings. The van der Waals surface area contributed by atoms with Gasteiger partial charge in [0.15, 0.2) is 0 Å². The van der Waals surface area contributed by atoms with E-state index < -0.39 is 16.6 Å². The smallest absolute Gasteiger partial charge is 0.270 e. The Bertz CT molecular complexity index is 696. The largest absolute Gasteiger partial charge is 0.477 e. The molecule has 120 valence electrons. The van der Waals surface area contributed by atoms with Crippen molar-refractivity contribution in [3.63, 3.8) is 0 Å². The van der Waals surface area contributed by atoms with Crippen LogP contribution in [0.25, 0.3) is 0 Å². The SMILES string of the molecule is O=C(NCCCOc1cnccn1)c1cc([N+](=O)[O-])ccc1F. The topological polar surface area (TPSA) is 107 Å². The summed E-state index contributed by atoms with van der Waals surface area (Å²) in [6.07, 6.45) is 4.92. The average Bonchev–Trinajstić information content (AvgIpc) is 2.55. The van der Waals surface area contributed by atoms with Crippen molar-refractivity contribution < 1.29 is 18.8 Å². The highest BCUT2D eigenvalue weighted by atomic mass is 19.1. The Labute approximate surface area is 130 Å². The van der Waals surface area contributed by atoms with Gasteiger partial charge in [-0.05, 0) is 12.5 Å². The summed E-state index contributed by atoms with van der Waals surface area (Å²) in [6.45, 7) is 0.512. The zero-order chi connectivity index (χ0) is 16.7. The third-order valence-corrected chi connectivity index (χ3v) is 2.80. The summed E-state index contributed by atoms with van der Waals surface area (Å²) in [7, 11) is 0. The summed E-state index contributed by atoms with van der Waals surface area (Å²) >= 11 is 0. The third-order valence-electron chi connectivity index (χ3n) is 2.80. The molecule has 9 heteroatoms. The molecule has 0 bridgehead atoms. The number of hydrogen-bond donors (Lipinski definition) is 1. The van der Waals surface area contributed by atoms with Gasteiger partial charge in [0, 0.05) is 31.1 Å². The predicted octanol–water partition coefficient (Wildman–Crippen LogP) is 1.72. The number of nitrogens with one attached hydrogen (secondary N) is 1. The van der Waals surface area contributed by atoms with Gasteiger partial charge in [-0.1, -0.05) is 0 Å². The minimum atomic E-state index is -0.816. The molecule has 1 amide bonds. The van der Waals surface area contributed by atoms with Crippen LogP contribution in [0.4, 0.5) is 10.1 Å². The minimum absolute atomic E-state index is 0.223.